The molecule has 0 saturated heterocycles. The van der Waals surface area contributed by atoms with Crippen molar-refractivity contribution in [2.45, 2.75) is 47.1 Å². The third-order valence-corrected chi connectivity index (χ3v) is 8.30. The van der Waals surface area contributed by atoms with E-state index in [0.717, 1.165) is 0 Å². The fourth-order valence-electron chi connectivity index (χ4n) is 4.30. The predicted molar refractivity (Wildman–Crippen MR) is 146 cm³/mol. The topological polar surface area (TPSA) is 3.88 Å². The molecule has 0 atom stereocenters. The molecule has 0 spiro atoms. The number of aryl methyl sites for hydroxylation is 5. The van der Waals surface area contributed by atoms with Crippen LogP contribution >= 0.6 is 0 Å². The third-order valence-electron chi connectivity index (χ3n) is 6.23. The number of nitrogens with zero attached hydrogens (tertiary/aromatic N) is 1. The number of hydrogen-bond acceptors (Lipinski definition) is 0. The Morgan fingerprint density at radius 2 is 1.38 bits per heavy atom. The van der Waals surface area contributed by atoms with E-state index in [0.29, 0.717) is 27.9 Å². The van der Waals surface area contributed by atoms with Gasteiger partial charge in [-0.05, 0) is 84.6 Å². The highest BCUT2D eigenvalue weighted by Gasteiger charge is 2.20. The van der Waals surface area contributed by atoms with Crippen LogP contribution in [-0.4, -0.2) is 8.07 Å². The number of hydrogen-bond donors (Lipinski definition) is 0. The first-order valence-corrected chi connectivity index (χ1v) is 14.7. The molecule has 0 saturated carbocycles. The van der Waals surface area contributed by atoms with Crippen molar-refractivity contribution in [2.75, 3.05) is 0 Å². The fourth-order valence-corrected chi connectivity index (χ4v) is 5.47. The van der Waals surface area contributed by atoms with Gasteiger partial charge in [-0.1, -0.05) is 61.2 Å². The number of benzene rings is 3. The summed E-state index contributed by atoms with van der Waals surface area (Å²) in [6.07, 6.45) is 1.37. The molecule has 1 nitrogen and oxygen atoms in total. The van der Waals surface area contributed by atoms with Crippen LogP contribution in [0, 0.1) is 33.3 Å². The lowest BCUT2D eigenvalue weighted by Gasteiger charge is -2.18. The summed E-state index contributed by atoms with van der Waals surface area (Å²) in [5.41, 5.74) is 1.82. The second kappa shape index (κ2) is 8.96. The van der Waals surface area contributed by atoms with Gasteiger partial charge in [0.05, 0.1) is 8.07 Å². The molecular weight excluding hydrogens is 433 g/mol. The molecule has 0 fully saturated rings. The zero-order valence-electron chi connectivity index (χ0n) is 29.2. The quantitative estimate of drug-likeness (QED) is 0.212. The Labute approximate surface area is 217 Å². The van der Waals surface area contributed by atoms with Crippen LogP contribution in [0.15, 0.2) is 66.9 Å². The van der Waals surface area contributed by atoms with E-state index in [-0.39, 0.29) is 27.8 Å². The summed E-state index contributed by atoms with van der Waals surface area (Å²) in [4.78, 5) is 0. The molecule has 174 valence electrons. The normalized spacial score (nSPS) is 16.7. The lowest BCUT2D eigenvalue weighted by molar-refractivity contribution is -0.660. The van der Waals surface area contributed by atoms with E-state index >= 15 is 0 Å². The summed E-state index contributed by atoms with van der Waals surface area (Å²) >= 11 is 0. The van der Waals surface area contributed by atoms with Crippen LogP contribution in [0.2, 0.25) is 19.6 Å². The highest BCUT2D eigenvalue weighted by molar-refractivity contribution is 6.88. The highest BCUT2D eigenvalue weighted by atomic mass is 28.3. The fraction of sp³-hybridized carbons (Fsp3) is 0.258. The maximum Gasteiger partial charge on any atom is 0.213 e. The van der Waals surface area contributed by atoms with Gasteiger partial charge in [0, 0.05) is 29.5 Å². The lowest BCUT2D eigenvalue weighted by atomic mass is 9.89. The second-order valence-corrected chi connectivity index (χ2v) is 14.9. The Morgan fingerprint density at radius 1 is 0.735 bits per heavy atom. The van der Waals surface area contributed by atoms with Crippen molar-refractivity contribution in [3.63, 3.8) is 0 Å². The van der Waals surface area contributed by atoms with Gasteiger partial charge in [-0.3, -0.25) is 0 Å². The van der Waals surface area contributed by atoms with Gasteiger partial charge in [0.2, 0.25) is 5.69 Å². The second-order valence-electron chi connectivity index (χ2n) is 9.83. The van der Waals surface area contributed by atoms with Crippen LogP contribution in [0.4, 0.5) is 4.39 Å². The molecule has 34 heavy (non-hydrogen) atoms. The molecule has 0 amide bonds. The zero-order chi connectivity index (χ0) is 32.3. The van der Waals surface area contributed by atoms with Crippen LogP contribution in [-0.2, 0) is 7.05 Å². The average molecular weight is 478 g/mol. The Bertz CT molecular complexity index is 1650. The first-order valence-electron chi connectivity index (χ1n) is 15.7. The van der Waals surface area contributed by atoms with Crippen LogP contribution in [0.1, 0.15) is 34.6 Å². The Hall–Kier alpha value is -3.04. The molecule has 0 aliphatic rings. The SMILES string of the molecule is [2H]C([2H])([2H])c1c[n+](C)c(-c2ccc(F)cc2C)cc1-c1c(C([2H])([2H])[2H])cc(-c2ccc([Si](C)(C)C)cc2)cc1C([2H])([2H])[2H]. The molecule has 0 N–H and O–H groups in total. The van der Waals surface area contributed by atoms with Crippen molar-refractivity contribution < 1.29 is 21.3 Å². The molecule has 0 radical (unpaired) electrons. The predicted octanol–water partition coefficient (Wildman–Crippen LogP) is 7.43. The summed E-state index contributed by atoms with van der Waals surface area (Å²) in [6, 6.07) is 16.3. The molecular formula is C31H35FNSi+. The zero-order valence-corrected chi connectivity index (χ0v) is 21.2. The highest BCUT2D eigenvalue weighted by Crippen LogP contribution is 2.35. The smallest absolute Gasteiger partial charge is 0.207 e. The molecule has 0 aliphatic heterocycles. The minimum absolute atomic E-state index is 0.0188. The molecule has 0 bridgehead atoms. The van der Waals surface area contributed by atoms with E-state index < -0.39 is 34.4 Å². The van der Waals surface area contributed by atoms with E-state index in [2.05, 4.69) is 19.6 Å². The summed E-state index contributed by atoms with van der Waals surface area (Å²) in [5, 5.41) is 1.20. The first kappa shape index (κ1) is 15.1. The average Bonchev–Trinajstić information content (AvgIpc) is 2.86. The van der Waals surface area contributed by atoms with Crippen LogP contribution in [0.25, 0.3) is 33.5 Å². The van der Waals surface area contributed by atoms with Gasteiger partial charge >= 0.3 is 0 Å². The van der Waals surface area contributed by atoms with Crippen LogP contribution < -0.4 is 9.75 Å². The van der Waals surface area contributed by atoms with E-state index in [1.54, 1.807) is 24.6 Å². The van der Waals surface area contributed by atoms with Crippen molar-refractivity contribution in [2.24, 2.45) is 7.05 Å². The van der Waals surface area contributed by atoms with Gasteiger partial charge in [-0.25, -0.2) is 8.96 Å². The van der Waals surface area contributed by atoms with Gasteiger partial charge in [-0.2, -0.15) is 0 Å². The third kappa shape index (κ3) is 4.62. The summed E-state index contributed by atoms with van der Waals surface area (Å²) in [7, 11) is 0.0210. The summed E-state index contributed by atoms with van der Waals surface area (Å²) < 4.78 is 91.1. The van der Waals surface area contributed by atoms with Gasteiger partial charge in [0.15, 0.2) is 6.20 Å². The Kier molecular flexibility index (Phi) is 3.97. The molecule has 0 aliphatic carbocycles. The summed E-state index contributed by atoms with van der Waals surface area (Å²) in [6.45, 7) is 0.0761. The molecule has 3 aromatic carbocycles. The van der Waals surface area contributed by atoms with Gasteiger partial charge in [-0.15, -0.1) is 0 Å². The maximum atomic E-state index is 14.0. The van der Waals surface area contributed by atoms with E-state index in [4.69, 9.17) is 12.3 Å². The van der Waals surface area contributed by atoms with E-state index in [1.165, 1.54) is 41.7 Å². The number of pyridine rings is 1. The number of rotatable bonds is 4. The monoisotopic (exact) mass is 477 g/mol. The number of halogens is 1. The molecule has 1 heterocycles. The molecule has 3 heteroatoms. The van der Waals surface area contributed by atoms with Crippen molar-refractivity contribution in [3.8, 4) is 33.5 Å². The standard InChI is InChI=1S/C31H35FNSi/c1-20-17-26(32)11-14-28(20)30-18-29(23(4)19-33(30)5)31-21(2)15-25(16-22(31)3)24-9-12-27(13-10-24)34(6,7)8/h9-19H,1-8H3/q+1/i2D3,3D3,4D3. The van der Waals surface area contributed by atoms with Gasteiger partial charge < -0.3 is 0 Å². The largest absolute Gasteiger partial charge is 0.213 e. The van der Waals surface area contributed by atoms with Crippen molar-refractivity contribution in [3.05, 3.63) is 94.9 Å². The molecule has 4 aromatic rings. The molecule has 1 aromatic heterocycles. The van der Waals surface area contributed by atoms with Crippen molar-refractivity contribution >= 4 is 13.3 Å². The van der Waals surface area contributed by atoms with Crippen LogP contribution in [0.3, 0.4) is 0 Å². The minimum atomic E-state index is -2.78. The van der Waals surface area contributed by atoms with E-state index in [9.17, 15) is 4.39 Å². The van der Waals surface area contributed by atoms with Crippen molar-refractivity contribution in [1.82, 2.24) is 0 Å². The lowest BCUT2D eigenvalue weighted by Crippen LogP contribution is -2.37. The minimum Gasteiger partial charge on any atom is -0.207 e. The van der Waals surface area contributed by atoms with E-state index in [1.807, 2.05) is 24.3 Å². The first-order chi connectivity index (χ1) is 19.6. The van der Waals surface area contributed by atoms with Crippen LogP contribution in [0.5, 0.6) is 0 Å². The molecule has 4 rings (SSSR count). The number of aromatic nitrogens is 1. The Morgan fingerprint density at radius 3 is 1.94 bits per heavy atom. The van der Waals surface area contributed by atoms with Gasteiger partial charge in [0.25, 0.3) is 0 Å². The molecule has 0 unspecified atom stereocenters. The Balaban J connectivity index is 2.13. The van der Waals surface area contributed by atoms with Gasteiger partial charge in [0.1, 0.15) is 12.9 Å². The summed E-state index contributed by atoms with van der Waals surface area (Å²) in [5.74, 6) is -0.439. The maximum absolute atomic E-state index is 14.0. The van der Waals surface area contributed by atoms with Crippen molar-refractivity contribution in [1.29, 1.82) is 0 Å².